The molecular formula is C69H118O6. The molecule has 0 saturated carbocycles. The number of unbranched alkanes of at least 4 members (excludes halogenated alkanes) is 30. The molecule has 0 N–H and O–H groups in total. The van der Waals surface area contributed by atoms with E-state index in [1.54, 1.807) is 0 Å². The van der Waals surface area contributed by atoms with Crippen molar-refractivity contribution in [3.05, 3.63) is 97.2 Å². The zero-order valence-electron chi connectivity index (χ0n) is 49.3. The number of carbonyl (C=O) groups is 3. The first-order chi connectivity index (χ1) is 37.0. The number of hydrogen-bond donors (Lipinski definition) is 0. The molecule has 0 amide bonds. The van der Waals surface area contributed by atoms with E-state index in [9.17, 15) is 14.4 Å². The average molecular weight is 1040 g/mol. The zero-order valence-corrected chi connectivity index (χ0v) is 49.3. The van der Waals surface area contributed by atoms with Gasteiger partial charge in [0.1, 0.15) is 13.2 Å². The molecule has 0 heterocycles. The molecule has 1 atom stereocenters. The summed E-state index contributed by atoms with van der Waals surface area (Å²) in [5.41, 5.74) is 0. The first-order valence-electron chi connectivity index (χ1n) is 31.7. The smallest absolute Gasteiger partial charge is 0.306 e. The monoisotopic (exact) mass is 1040 g/mol. The van der Waals surface area contributed by atoms with Gasteiger partial charge in [-0.15, -0.1) is 0 Å². The van der Waals surface area contributed by atoms with Crippen molar-refractivity contribution in [3.8, 4) is 0 Å². The zero-order chi connectivity index (χ0) is 54.3. The van der Waals surface area contributed by atoms with Crippen LogP contribution in [0.15, 0.2) is 97.2 Å². The minimum absolute atomic E-state index is 0.0835. The summed E-state index contributed by atoms with van der Waals surface area (Å²) >= 11 is 0. The van der Waals surface area contributed by atoms with E-state index in [1.807, 2.05) is 0 Å². The molecule has 0 aromatic rings. The summed E-state index contributed by atoms with van der Waals surface area (Å²) in [6, 6.07) is 0. The van der Waals surface area contributed by atoms with Crippen LogP contribution in [0.25, 0.3) is 0 Å². The van der Waals surface area contributed by atoms with Crippen molar-refractivity contribution in [2.24, 2.45) is 0 Å². The van der Waals surface area contributed by atoms with Crippen molar-refractivity contribution in [1.82, 2.24) is 0 Å². The van der Waals surface area contributed by atoms with Gasteiger partial charge in [0.05, 0.1) is 0 Å². The van der Waals surface area contributed by atoms with Crippen molar-refractivity contribution < 1.29 is 28.6 Å². The van der Waals surface area contributed by atoms with Gasteiger partial charge in [-0.25, -0.2) is 0 Å². The Kier molecular flexibility index (Phi) is 59.8. The number of carbonyl (C=O) groups excluding carboxylic acids is 3. The lowest BCUT2D eigenvalue weighted by Gasteiger charge is -2.18. The highest BCUT2D eigenvalue weighted by molar-refractivity contribution is 5.71. The second-order valence-corrected chi connectivity index (χ2v) is 21.0. The molecule has 6 heteroatoms. The molecule has 6 nitrogen and oxygen atoms in total. The third-order valence-corrected chi connectivity index (χ3v) is 13.6. The van der Waals surface area contributed by atoms with Gasteiger partial charge in [0, 0.05) is 19.3 Å². The Morgan fingerprint density at radius 3 is 0.813 bits per heavy atom. The maximum Gasteiger partial charge on any atom is 0.306 e. The van der Waals surface area contributed by atoms with Crippen LogP contribution < -0.4 is 0 Å². The predicted octanol–water partition coefficient (Wildman–Crippen LogP) is 21.7. The number of rotatable bonds is 57. The molecule has 0 spiro atoms. The van der Waals surface area contributed by atoms with E-state index in [2.05, 4.69) is 118 Å². The minimum Gasteiger partial charge on any atom is -0.462 e. The molecule has 0 fully saturated rings. The minimum atomic E-state index is -0.784. The van der Waals surface area contributed by atoms with Gasteiger partial charge in [-0.3, -0.25) is 14.4 Å². The van der Waals surface area contributed by atoms with Gasteiger partial charge in [-0.05, 0) is 83.5 Å². The van der Waals surface area contributed by atoms with Gasteiger partial charge in [-0.2, -0.15) is 0 Å². The second kappa shape index (κ2) is 62.9. The Labute approximate surface area is 464 Å². The molecule has 0 rings (SSSR count). The number of hydrogen-bond acceptors (Lipinski definition) is 6. The first-order valence-corrected chi connectivity index (χ1v) is 31.7. The summed E-state index contributed by atoms with van der Waals surface area (Å²) in [6.45, 7) is 6.47. The van der Waals surface area contributed by atoms with Crippen molar-refractivity contribution in [3.63, 3.8) is 0 Å². The summed E-state index contributed by atoms with van der Waals surface area (Å²) in [5.74, 6) is -0.910. The highest BCUT2D eigenvalue weighted by atomic mass is 16.6. The SMILES string of the molecule is CC/C=C\C/C=C\C/C=C\C/C=C\C/C=C\C/C=C\C/C=C\C/C=C\CCCCCCC(=O)OCC(COC(=O)CCCCCCCC)OC(=O)CCCCCCCCCCCCCCCCCCCCCCCC. The standard InChI is InChI=1S/C69H118O6/c1-4-7-10-13-16-18-20-22-24-26-28-30-32-33-34-35-36-37-38-40-41-43-45-47-49-51-53-56-59-62-68(71)74-65-66(64-73-67(70)61-58-55-15-12-9-6-3)75-69(72)63-60-57-54-52-50-48-46-44-42-39-31-29-27-25-23-21-19-17-14-11-8-5-2/h7,10,16,18,22,24,28,30,33-34,36-37,40-41,45,47,66H,4-6,8-9,11-15,17,19-21,23,25-27,29,31-32,35,38-39,42-44,46,48-65H2,1-3H3/b10-7-,18-16-,24-22-,30-28-,34-33-,37-36-,41-40-,47-45-. The fraction of sp³-hybridized carbons (Fsp3) is 0.725. The Morgan fingerprint density at radius 1 is 0.280 bits per heavy atom. The van der Waals surface area contributed by atoms with Gasteiger partial charge in [0.2, 0.25) is 0 Å². The third kappa shape index (κ3) is 61.1. The topological polar surface area (TPSA) is 78.9 Å². The highest BCUT2D eigenvalue weighted by Gasteiger charge is 2.19. The van der Waals surface area contributed by atoms with Crippen LogP contribution in [0.2, 0.25) is 0 Å². The highest BCUT2D eigenvalue weighted by Crippen LogP contribution is 2.17. The third-order valence-electron chi connectivity index (χ3n) is 13.6. The fourth-order valence-corrected chi connectivity index (χ4v) is 8.87. The van der Waals surface area contributed by atoms with Gasteiger partial charge >= 0.3 is 17.9 Å². The van der Waals surface area contributed by atoms with E-state index in [0.29, 0.717) is 19.3 Å². The molecule has 0 aliphatic rings. The van der Waals surface area contributed by atoms with Crippen LogP contribution in [0.1, 0.15) is 303 Å². The molecule has 1 unspecified atom stereocenters. The molecule has 0 aliphatic heterocycles. The Hall–Kier alpha value is -3.67. The van der Waals surface area contributed by atoms with Crippen molar-refractivity contribution in [2.45, 2.75) is 309 Å². The van der Waals surface area contributed by atoms with Crippen molar-refractivity contribution in [1.29, 1.82) is 0 Å². The molecule has 0 aliphatic carbocycles. The van der Waals surface area contributed by atoms with Gasteiger partial charge in [0.15, 0.2) is 6.10 Å². The largest absolute Gasteiger partial charge is 0.462 e. The summed E-state index contributed by atoms with van der Waals surface area (Å²) in [4.78, 5) is 38.0. The summed E-state index contributed by atoms with van der Waals surface area (Å²) in [5, 5.41) is 0. The average Bonchev–Trinajstić information content (AvgIpc) is 3.41. The van der Waals surface area contributed by atoms with E-state index < -0.39 is 6.10 Å². The van der Waals surface area contributed by atoms with E-state index >= 15 is 0 Å². The number of esters is 3. The first kappa shape index (κ1) is 71.3. The molecule has 0 bridgehead atoms. The summed E-state index contributed by atoms with van der Waals surface area (Å²) < 4.78 is 16.8. The Balaban J connectivity index is 4.16. The maximum absolute atomic E-state index is 12.8. The van der Waals surface area contributed by atoms with E-state index in [-0.39, 0.29) is 31.1 Å². The quantitative estimate of drug-likeness (QED) is 0.0261. The summed E-state index contributed by atoms with van der Waals surface area (Å²) in [6.07, 6.45) is 84.5. The van der Waals surface area contributed by atoms with Crippen LogP contribution in [0.3, 0.4) is 0 Å². The van der Waals surface area contributed by atoms with E-state index in [4.69, 9.17) is 14.2 Å². The van der Waals surface area contributed by atoms with Crippen LogP contribution in [0, 0.1) is 0 Å². The van der Waals surface area contributed by atoms with Crippen molar-refractivity contribution in [2.75, 3.05) is 13.2 Å². The number of ether oxygens (including phenoxy) is 3. The molecular weight excluding hydrogens is 925 g/mol. The van der Waals surface area contributed by atoms with Gasteiger partial charge < -0.3 is 14.2 Å². The normalized spacial score (nSPS) is 12.7. The van der Waals surface area contributed by atoms with Crippen LogP contribution in [0.4, 0.5) is 0 Å². The Bertz CT molecular complexity index is 1480. The van der Waals surface area contributed by atoms with E-state index in [0.717, 1.165) is 122 Å². The lowest BCUT2D eigenvalue weighted by atomic mass is 10.0. The molecule has 0 saturated heterocycles. The summed E-state index contributed by atoms with van der Waals surface area (Å²) in [7, 11) is 0. The lowest BCUT2D eigenvalue weighted by molar-refractivity contribution is -0.167. The van der Waals surface area contributed by atoms with Crippen LogP contribution in [-0.4, -0.2) is 37.2 Å². The lowest BCUT2D eigenvalue weighted by Crippen LogP contribution is -2.30. The van der Waals surface area contributed by atoms with E-state index in [1.165, 1.54) is 141 Å². The molecule has 0 aromatic carbocycles. The van der Waals surface area contributed by atoms with Crippen LogP contribution in [-0.2, 0) is 28.6 Å². The van der Waals surface area contributed by atoms with Crippen LogP contribution in [0.5, 0.6) is 0 Å². The van der Waals surface area contributed by atoms with Gasteiger partial charge in [0.25, 0.3) is 0 Å². The predicted molar refractivity (Wildman–Crippen MR) is 325 cm³/mol. The van der Waals surface area contributed by atoms with Gasteiger partial charge in [-0.1, -0.05) is 298 Å². The molecule has 0 radical (unpaired) electrons. The van der Waals surface area contributed by atoms with Crippen LogP contribution >= 0.6 is 0 Å². The molecule has 75 heavy (non-hydrogen) atoms. The van der Waals surface area contributed by atoms with Crippen molar-refractivity contribution >= 4 is 17.9 Å². The number of allylic oxidation sites excluding steroid dienone is 16. The fourth-order valence-electron chi connectivity index (χ4n) is 8.87. The second-order valence-electron chi connectivity index (χ2n) is 21.0. The maximum atomic E-state index is 12.8. The molecule has 0 aromatic heterocycles. The Morgan fingerprint density at radius 2 is 0.520 bits per heavy atom. The molecule has 430 valence electrons.